The fourth-order valence-corrected chi connectivity index (χ4v) is 4.17. The first-order chi connectivity index (χ1) is 15.1. The van der Waals surface area contributed by atoms with Gasteiger partial charge in [0.1, 0.15) is 18.2 Å². The molecule has 2 bridgehead atoms. The summed E-state index contributed by atoms with van der Waals surface area (Å²) < 4.78 is 25.4. The van der Waals surface area contributed by atoms with Crippen LogP contribution in [0.1, 0.15) is 12.8 Å². The van der Waals surface area contributed by atoms with Crippen molar-refractivity contribution < 1.29 is 19.0 Å². The normalized spacial score (nSPS) is 24.7. The highest BCUT2D eigenvalue weighted by atomic mass is 19.1. The predicted octanol–water partition coefficient (Wildman–Crippen LogP) is 2.18. The Bertz CT molecular complexity index is 1070. The third kappa shape index (κ3) is 3.74. The second-order valence-corrected chi connectivity index (χ2v) is 7.66. The summed E-state index contributed by atoms with van der Waals surface area (Å²) in [6, 6.07) is 8.37. The third-order valence-corrected chi connectivity index (χ3v) is 5.81. The van der Waals surface area contributed by atoms with Crippen molar-refractivity contribution in [3.05, 3.63) is 36.7 Å². The minimum atomic E-state index is -1.06. The number of nitrogens with one attached hydrogen (secondary N) is 1. The summed E-state index contributed by atoms with van der Waals surface area (Å²) in [5, 5.41) is 22.0. The van der Waals surface area contributed by atoms with E-state index in [2.05, 4.69) is 30.5 Å². The number of piperidine rings is 2. The fraction of sp³-hybridized carbons (Fsp3) is 0.381. The SMILES string of the molecule is COc1ncnc(-c2ccc(-c3ccc(O[C@H]4C5CCC(NC5)[C@H]4F)nn3)c(O)c2)n1. The number of rotatable bonds is 5. The van der Waals surface area contributed by atoms with E-state index in [9.17, 15) is 9.50 Å². The molecule has 0 radical (unpaired) electrons. The highest BCUT2D eigenvalue weighted by Crippen LogP contribution is 2.35. The van der Waals surface area contributed by atoms with Gasteiger partial charge in [-0.25, -0.2) is 9.37 Å². The Labute approximate surface area is 177 Å². The van der Waals surface area contributed by atoms with Gasteiger partial charge in [0.15, 0.2) is 12.0 Å². The molecule has 1 aliphatic carbocycles. The van der Waals surface area contributed by atoms with Crippen molar-refractivity contribution in [2.24, 2.45) is 5.92 Å². The lowest BCUT2D eigenvalue weighted by Gasteiger charge is -2.44. The van der Waals surface area contributed by atoms with Crippen molar-refractivity contribution in [3.8, 4) is 40.3 Å². The van der Waals surface area contributed by atoms with Gasteiger partial charge in [-0.1, -0.05) is 6.07 Å². The zero-order valence-electron chi connectivity index (χ0n) is 16.8. The molecule has 3 aliphatic rings. The Balaban J connectivity index is 1.34. The number of phenols is 1. The van der Waals surface area contributed by atoms with Crippen LogP contribution < -0.4 is 14.8 Å². The summed E-state index contributed by atoms with van der Waals surface area (Å²) >= 11 is 0. The molecule has 10 heteroatoms. The number of nitrogens with zero attached hydrogens (tertiary/aromatic N) is 5. The van der Waals surface area contributed by atoms with Crippen LogP contribution in [0.15, 0.2) is 36.7 Å². The number of methoxy groups -OCH3 is 1. The number of aromatic hydroxyl groups is 1. The molecule has 1 saturated carbocycles. The van der Waals surface area contributed by atoms with Crippen molar-refractivity contribution in [2.45, 2.75) is 31.2 Å². The first-order valence-corrected chi connectivity index (χ1v) is 10.1. The van der Waals surface area contributed by atoms with Gasteiger partial charge in [0.05, 0.1) is 12.8 Å². The van der Waals surface area contributed by atoms with E-state index in [1.807, 2.05) is 0 Å². The topological polar surface area (TPSA) is 115 Å². The molecule has 4 heterocycles. The Kier molecular flexibility index (Phi) is 5.06. The van der Waals surface area contributed by atoms with Gasteiger partial charge in [-0.15, -0.1) is 10.2 Å². The van der Waals surface area contributed by atoms with Gasteiger partial charge in [0.2, 0.25) is 5.88 Å². The molecular weight excluding hydrogens is 403 g/mol. The molecule has 9 nitrogen and oxygen atoms in total. The minimum absolute atomic E-state index is 0.000616. The van der Waals surface area contributed by atoms with Gasteiger partial charge in [0, 0.05) is 35.7 Å². The maximum Gasteiger partial charge on any atom is 0.319 e. The van der Waals surface area contributed by atoms with Crippen LogP contribution in [0.2, 0.25) is 0 Å². The highest BCUT2D eigenvalue weighted by Gasteiger charge is 2.45. The predicted molar refractivity (Wildman–Crippen MR) is 108 cm³/mol. The van der Waals surface area contributed by atoms with Crippen molar-refractivity contribution in [2.75, 3.05) is 13.7 Å². The number of hydrogen-bond donors (Lipinski definition) is 2. The quantitative estimate of drug-likeness (QED) is 0.636. The number of ether oxygens (including phenoxy) is 2. The van der Waals surface area contributed by atoms with E-state index in [1.54, 1.807) is 24.3 Å². The fourth-order valence-electron chi connectivity index (χ4n) is 4.17. The van der Waals surface area contributed by atoms with E-state index < -0.39 is 12.3 Å². The molecule has 160 valence electrons. The minimum Gasteiger partial charge on any atom is -0.507 e. The molecule has 2 N–H and O–H groups in total. The Morgan fingerprint density at radius 3 is 2.71 bits per heavy atom. The zero-order valence-corrected chi connectivity index (χ0v) is 16.8. The van der Waals surface area contributed by atoms with Crippen LogP contribution in [-0.4, -0.2) is 62.2 Å². The Morgan fingerprint density at radius 1 is 1.13 bits per heavy atom. The van der Waals surface area contributed by atoms with E-state index >= 15 is 0 Å². The van der Waals surface area contributed by atoms with Crippen LogP contribution in [0.3, 0.4) is 0 Å². The van der Waals surface area contributed by atoms with E-state index in [4.69, 9.17) is 9.47 Å². The molecule has 3 aromatic rings. The Morgan fingerprint density at radius 2 is 2.03 bits per heavy atom. The lowest BCUT2D eigenvalue weighted by molar-refractivity contribution is -0.0353. The van der Waals surface area contributed by atoms with Crippen LogP contribution in [0, 0.1) is 5.92 Å². The molecule has 3 fully saturated rings. The molecule has 2 aliphatic heterocycles. The molecule has 2 saturated heterocycles. The van der Waals surface area contributed by atoms with Crippen molar-refractivity contribution in [3.63, 3.8) is 0 Å². The molecule has 31 heavy (non-hydrogen) atoms. The van der Waals surface area contributed by atoms with E-state index in [0.29, 0.717) is 22.6 Å². The standard InChI is InChI=1S/C21H21FN6O3/c1-30-21-25-10-24-20(26-21)11-2-4-13(16(29)8-11)14-6-7-17(28-27-14)31-19-12-3-5-15(18(19)22)23-9-12/h2,4,6-8,10,12,15,18-19,23,29H,3,5,9H2,1H3/t12?,15?,18-,19+/m1/s1. The van der Waals surface area contributed by atoms with Crippen LogP contribution >= 0.6 is 0 Å². The molecule has 2 aromatic heterocycles. The molecule has 4 atom stereocenters. The molecule has 2 unspecified atom stereocenters. The highest BCUT2D eigenvalue weighted by molar-refractivity contribution is 5.71. The second-order valence-electron chi connectivity index (χ2n) is 7.66. The van der Waals surface area contributed by atoms with Gasteiger partial charge in [0.25, 0.3) is 0 Å². The molecule has 0 spiro atoms. The Hall–Kier alpha value is -3.40. The number of halogens is 1. The van der Waals surface area contributed by atoms with Crippen molar-refractivity contribution in [1.82, 2.24) is 30.5 Å². The molecular formula is C21H21FN6O3. The maximum atomic E-state index is 14.6. The third-order valence-electron chi connectivity index (χ3n) is 5.81. The van der Waals surface area contributed by atoms with Crippen LogP contribution in [0.25, 0.3) is 22.6 Å². The summed E-state index contributed by atoms with van der Waals surface area (Å²) in [7, 11) is 1.47. The number of benzene rings is 1. The summed E-state index contributed by atoms with van der Waals surface area (Å²) in [5.41, 5.74) is 1.56. The maximum absolute atomic E-state index is 14.6. The summed E-state index contributed by atoms with van der Waals surface area (Å²) in [6.45, 7) is 0.758. The first-order valence-electron chi connectivity index (χ1n) is 10.1. The van der Waals surface area contributed by atoms with Gasteiger partial charge < -0.3 is 19.9 Å². The lowest BCUT2D eigenvalue weighted by atomic mass is 9.78. The largest absolute Gasteiger partial charge is 0.507 e. The monoisotopic (exact) mass is 424 g/mol. The molecule has 6 rings (SSSR count). The zero-order chi connectivity index (χ0) is 21.4. The van der Waals surface area contributed by atoms with Crippen LogP contribution in [0.4, 0.5) is 4.39 Å². The average Bonchev–Trinajstić information content (AvgIpc) is 2.82. The van der Waals surface area contributed by atoms with Gasteiger partial charge in [-0.3, -0.25) is 0 Å². The average molecular weight is 424 g/mol. The summed E-state index contributed by atoms with van der Waals surface area (Å²) in [6.07, 6.45) is 1.56. The summed E-state index contributed by atoms with van der Waals surface area (Å²) in [4.78, 5) is 12.1. The van der Waals surface area contributed by atoms with Gasteiger partial charge >= 0.3 is 6.01 Å². The number of hydrogen-bond acceptors (Lipinski definition) is 9. The number of phenolic OH excluding ortho intramolecular Hbond substituents is 1. The van der Waals surface area contributed by atoms with E-state index in [-0.39, 0.29) is 29.6 Å². The number of fused-ring (bicyclic) bond motifs is 3. The van der Waals surface area contributed by atoms with Crippen molar-refractivity contribution in [1.29, 1.82) is 0 Å². The van der Waals surface area contributed by atoms with Crippen molar-refractivity contribution >= 4 is 0 Å². The summed E-state index contributed by atoms with van der Waals surface area (Å²) in [5.74, 6) is 0.782. The number of aromatic nitrogens is 5. The lowest BCUT2D eigenvalue weighted by Crippen LogP contribution is -2.61. The van der Waals surface area contributed by atoms with E-state index in [0.717, 1.165) is 19.4 Å². The number of alkyl halides is 1. The van der Waals surface area contributed by atoms with Crippen LogP contribution in [0.5, 0.6) is 17.6 Å². The smallest absolute Gasteiger partial charge is 0.319 e. The van der Waals surface area contributed by atoms with E-state index in [1.165, 1.54) is 19.5 Å². The second kappa shape index (κ2) is 8.03. The molecule has 1 aromatic carbocycles. The molecule has 0 amide bonds. The first kappa shape index (κ1) is 19.6. The van der Waals surface area contributed by atoms with Gasteiger partial charge in [-0.05, 0) is 31.0 Å². The van der Waals surface area contributed by atoms with Gasteiger partial charge in [-0.2, -0.15) is 9.97 Å². The van der Waals surface area contributed by atoms with Crippen LogP contribution in [-0.2, 0) is 0 Å².